The van der Waals surface area contributed by atoms with E-state index in [1.165, 1.54) is 5.57 Å². The molecular weight excluding hydrogens is 396 g/mol. The molecule has 0 spiro atoms. The lowest BCUT2D eigenvalue weighted by Crippen LogP contribution is -2.57. The summed E-state index contributed by atoms with van der Waals surface area (Å²) in [5.41, 5.74) is -0.00319. The van der Waals surface area contributed by atoms with Crippen LogP contribution in [-0.4, -0.2) is 41.6 Å². The van der Waals surface area contributed by atoms with Gasteiger partial charge in [-0.25, -0.2) is 4.79 Å². The third-order valence-corrected chi connectivity index (χ3v) is 8.54. The predicted molar refractivity (Wildman–Crippen MR) is 114 cm³/mol. The van der Waals surface area contributed by atoms with Crippen LogP contribution in [0.3, 0.4) is 0 Å². The number of carbonyl (C=O) groups excluding carboxylic acids is 3. The normalized spacial score (nSPS) is 40.8. The van der Waals surface area contributed by atoms with Gasteiger partial charge in [0.15, 0.2) is 12.4 Å². The lowest BCUT2D eigenvalue weighted by atomic mass is 9.51. The van der Waals surface area contributed by atoms with E-state index in [0.717, 1.165) is 24.8 Å². The number of allylic oxidation sites excluding steroid dienone is 6. The average Bonchev–Trinajstić information content (AvgIpc) is 2.94. The van der Waals surface area contributed by atoms with Crippen LogP contribution in [0.25, 0.3) is 0 Å². The summed E-state index contributed by atoms with van der Waals surface area (Å²) < 4.78 is 9.71. The summed E-state index contributed by atoms with van der Waals surface area (Å²) in [6.07, 6.45) is 9.80. The van der Waals surface area contributed by atoms with Gasteiger partial charge in [-0.15, -0.1) is 0 Å². The van der Waals surface area contributed by atoms with E-state index in [4.69, 9.17) is 9.47 Å². The summed E-state index contributed by atoms with van der Waals surface area (Å²) in [4.78, 5) is 36.6. The van der Waals surface area contributed by atoms with Crippen molar-refractivity contribution in [1.29, 1.82) is 0 Å². The fourth-order valence-corrected chi connectivity index (χ4v) is 6.85. The van der Waals surface area contributed by atoms with Crippen LogP contribution >= 0.6 is 0 Å². The van der Waals surface area contributed by atoms with E-state index in [1.54, 1.807) is 19.1 Å². The number of carbonyl (C=O) groups is 3. The van der Waals surface area contributed by atoms with Crippen molar-refractivity contribution < 1.29 is 29.0 Å². The molecule has 31 heavy (non-hydrogen) atoms. The number of fused-ring (bicyclic) bond motifs is 5. The fourth-order valence-electron chi connectivity index (χ4n) is 6.85. The highest BCUT2D eigenvalue weighted by Crippen LogP contribution is 2.66. The van der Waals surface area contributed by atoms with Crippen molar-refractivity contribution in [3.8, 4) is 0 Å². The molecule has 168 valence electrons. The molecule has 0 radical (unpaired) electrons. The smallest absolute Gasteiger partial charge is 0.435 e. The van der Waals surface area contributed by atoms with E-state index in [-0.39, 0.29) is 35.6 Å². The molecule has 0 amide bonds. The Balaban J connectivity index is 1.64. The van der Waals surface area contributed by atoms with Crippen molar-refractivity contribution in [2.45, 2.75) is 59.0 Å². The predicted octanol–water partition coefficient (Wildman–Crippen LogP) is 3.93. The van der Waals surface area contributed by atoms with Gasteiger partial charge in [0, 0.05) is 10.8 Å². The Labute approximate surface area is 183 Å². The molecule has 6 nitrogen and oxygen atoms in total. The standard InChI is InChI=1S/C25H32O6/c1-5-30-22(28)31-14-21(27)25(29)15(2)12-20-18-7-6-16-13-17(26)8-10-23(16,3)19(18)9-11-24(20,25)4/h8-10,13,15,18,20,29H,5-7,11-12,14H2,1-4H3. The number of Topliss-reactive ketones (excluding diaryl/α,β-unsaturated/α-hetero) is 1. The highest BCUT2D eigenvalue weighted by atomic mass is 16.7. The lowest BCUT2D eigenvalue weighted by molar-refractivity contribution is -0.162. The van der Waals surface area contributed by atoms with Crippen molar-refractivity contribution in [3.05, 3.63) is 35.5 Å². The van der Waals surface area contributed by atoms with Gasteiger partial charge in [-0.2, -0.15) is 0 Å². The number of hydrogen-bond donors (Lipinski definition) is 1. The van der Waals surface area contributed by atoms with E-state index >= 15 is 0 Å². The second kappa shape index (κ2) is 7.44. The van der Waals surface area contributed by atoms with E-state index in [9.17, 15) is 19.5 Å². The van der Waals surface area contributed by atoms with Gasteiger partial charge in [-0.3, -0.25) is 9.59 Å². The maximum atomic E-state index is 13.2. The molecule has 2 fully saturated rings. The molecule has 0 aromatic heterocycles. The third-order valence-electron chi connectivity index (χ3n) is 8.54. The molecule has 0 aromatic carbocycles. The minimum Gasteiger partial charge on any atom is -0.435 e. The number of ether oxygens (including phenoxy) is 2. The number of aliphatic hydroxyl groups is 1. The van der Waals surface area contributed by atoms with Crippen molar-refractivity contribution in [1.82, 2.24) is 0 Å². The zero-order valence-corrected chi connectivity index (χ0v) is 18.8. The molecule has 6 unspecified atom stereocenters. The number of hydrogen-bond acceptors (Lipinski definition) is 6. The topological polar surface area (TPSA) is 89.9 Å². The number of rotatable bonds is 4. The molecule has 2 saturated carbocycles. The molecule has 0 aromatic rings. The van der Waals surface area contributed by atoms with Gasteiger partial charge >= 0.3 is 6.16 Å². The van der Waals surface area contributed by atoms with Crippen LogP contribution in [0.4, 0.5) is 4.79 Å². The van der Waals surface area contributed by atoms with Crippen molar-refractivity contribution >= 4 is 17.7 Å². The molecule has 6 atom stereocenters. The molecular formula is C25H32O6. The minimum absolute atomic E-state index is 0.0447. The Morgan fingerprint density at radius 2 is 2.00 bits per heavy atom. The summed E-state index contributed by atoms with van der Waals surface area (Å²) in [6.45, 7) is 7.43. The van der Waals surface area contributed by atoms with Crippen LogP contribution in [0.15, 0.2) is 35.5 Å². The second-order valence-electron chi connectivity index (χ2n) is 9.94. The fraction of sp³-hybridized carbons (Fsp3) is 0.640. The second-order valence-corrected chi connectivity index (χ2v) is 9.94. The summed E-state index contributed by atoms with van der Waals surface area (Å²) in [6, 6.07) is 0. The van der Waals surface area contributed by atoms with Crippen molar-refractivity contribution in [2.24, 2.45) is 28.6 Å². The zero-order chi connectivity index (χ0) is 22.6. The molecule has 4 aliphatic rings. The van der Waals surface area contributed by atoms with E-state index < -0.39 is 29.6 Å². The maximum Gasteiger partial charge on any atom is 0.508 e. The van der Waals surface area contributed by atoms with Crippen molar-refractivity contribution in [3.63, 3.8) is 0 Å². The maximum absolute atomic E-state index is 13.2. The molecule has 0 saturated heterocycles. The number of ketones is 2. The summed E-state index contributed by atoms with van der Waals surface area (Å²) in [5.74, 6) is -0.275. The Bertz CT molecular complexity index is 913. The Kier molecular flexibility index (Phi) is 5.28. The Morgan fingerprint density at radius 1 is 1.26 bits per heavy atom. The molecule has 4 aliphatic carbocycles. The van der Waals surface area contributed by atoms with Gasteiger partial charge in [0.2, 0.25) is 5.78 Å². The SMILES string of the molecule is CCOC(=O)OCC(=O)C1(O)C(C)CC2C3CCC4=CC(=O)C=CC4(C)C3=CCC21C. The van der Waals surface area contributed by atoms with Gasteiger partial charge < -0.3 is 14.6 Å². The first-order chi connectivity index (χ1) is 14.6. The molecule has 0 bridgehead atoms. The van der Waals surface area contributed by atoms with E-state index in [0.29, 0.717) is 6.42 Å². The minimum atomic E-state index is -1.57. The molecule has 1 N–H and O–H groups in total. The Hall–Kier alpha value is -2.21. The quantitative estimate of drug-likeness (QED) is 0.539. The van der Waals surface area contributed by atoms with Gasteiger partial charge in [0.1, 0.15) is 5.60 Å². The molecule has 4 rings (SSSR count). The largest absolute Gasteiger partial charge is 0.508 e. The van der Waals surface area contributed by atoms with Gasteiger partial charge in [-0.1, -0.05) is 37.1 Å². The van der Waals surface area contributed by atoms with Gasteiger partial charge in [-0.05, 0) is 69.4 Å². The highest BCUT2D eigenvalue weighted by Gasteiger charge is 2.67. The molecule has 0 aliphatic heterocycles. The van der Waals surface area contributed by atoms with Crippen LogP contribution in [0, 0.1) is 28.6 Å². The van der Waals surface area contributed by atoms with Crippen molar-refractivity contribution in [2.75, 3.05) is 13.2 Å². The van der Waals surface area contributed by atoms with Crippen LogP contribution in [0.1, 0.15) is 53.4 Å². The third kappa shape index (κ3) is 3.05. The van der Waals surface area contributed by atoms with Gasteiger partial charge in [0.05, 0.1) is 6.61 Å². The first-order valence-corrected chi connectivity index (χ1v) is 11.3. The summed E-state index contributed by atoms with van der Waals surface area (Å²) in [5, 5.41) is 11.8. The van der Waals surface area contributed by atoms with E-state index in [1.807, 2.05) is 19.9 Å². The van der Waals surface area contributed by atoms with Gasteiger partial charge in [0.25, 0.3) is 0 Å². The molecule has 0 heterocycles. The Morgan fingerprint density at radius 3 is 2.71 bits per heavy atom. The highest BCUT2D eigenvalue weighted by molar-refractivity contribution is 6.01. The average molecular weight is 429 g/mol. The van der Waals surface area contributed by atoms with Crippen LogP contribution in [-0.2, 0) is 19.1 Å². The molecule has 6 heteroatoms. The van der Waals surface area contributed by atoms with Crippen LogP contribution < -0.4 is 0 Å². The first-order valence-electron chi connectivity index (χ1n) is 11.3. The first kappa shape index (κ1) is 22.0. The monoisotopic (exact) mass is 428 g/mol. The zero-order valence-electron chi connectivity index (χ0n) is 18.8. The van der Waals surface area contributed by atoms with Crippen LogP contribution in [0.2, 0.25) is 0 Å². The summed E-state index contributed by atoms with van der Waals surface area (Å²) in [7, 11) is 0. The lowest BCUT2D eigenvalue weighted by Gasteiger charge is -2.53. The summed E-state index contributed by atoms with van der Waals surface area (Å²) >= 11 is 0. The van der Waals surface area contributed by atoms with E-state index in [2.05, 4.69) is 13.0 Å². The van der Waals surface area contributed by atoms with Crippen LogP contribution in [0.5, 0.6) is 0 Å².